The second-order valence-corrected chi connectivity index (χ2v) is 4.86. The van der Waals surface area contributed by atoms with Crippen LogP contribution in [-0.2, 0) is 13.1 Å². The lowest BCUT2D eigenvalue weighted by Gasteiger charge is -2.12. The molecule has 114 valence electrons. The predicted molar refractivity (Wildman–Crippen MR) is 82.9 cm³/mol. The van der Waals surface area contributed by atoms with E-state index in [0.717, 1.165) is 25.2 Å². The maximum atomic E-state index is 5.41. The van der Waals surface area contributed by atoms with Crippen molar-refractivity contribution in [2.45, 2.75) is 26.4 Å². The molecule has 2 heterocycles. The molecule has 0 spiro atoms. The molecule has 0 saturated heterocycles. The topological polar surface area (TPSA) is 48.3 Å². The van der Waals surface area contributed by atoms with Gasteiger partial charge in [-0.2, -0.15) is 0 Å². The molecule has 0 bridgehead atoms. The van der Waals surface area contributed by atoms with E-state index in [4.69, 9.17) is 9.47 Å². The molecular formula is C16H23N3O2. The van der Waals surface area contributed by atoms with Gasteiger partial charge in [0.2, 0.25) is 0 Å². The zero-order valence-electron chi connectivity index (χ0n) is 12.9. The summed E-state index contributed by atoms with van der Waals surface area (Å²) in [4.78, 5) is 4.40. The summed E-state index contributed by atoms with van der Waals surface area (Å²) in [5, 5.41) is 3.40. The first-order valence-electron chi connectivity index (χ1n) is 7.19. The van der Waals surface area contributed by atoms with Gasteiger partial charge in [0.15, 0.2) is 11.5 Å². The minimum atomic E-state index is 0.661. The highest BCUT2D eigenvalue weighted by Gasteiger charge is 2.11. The standard InChI is InChI=1S/C16H23N3O2/c1-4-7-17-10-13-6-9-19(11-13)12-14-16(21-3)15(20-2)5-8-18-14/h5-6,8-9,11,17H,4,7,10,12H2,1-3H3. The molecule has 0 fully saturated rings. The highest BCUT2D eigenvalue weighted by atomic mass is 16.5. The number of nitrogens with one attached hydrogen (secondary N) is 1. The van der Waals surface area contributed by atoms with Crippen molar-refractivity contribution in [2.75, 3.05) is 20.8 Å². The zero-order chi connectivity index (χ0) is 15.1. The second kappa shape index (κ2) is 7.69. The van der Waals surface area contributed by atoms with Crippen LogP contribution in [0.2, 0.25) is 0 Å². The van der Waals surface area contributed by atoms with Gasteiger partial charge in [0, 0.05) is 31.2 Å². The Morgan fingerprint density at radius 1 is 1.24 bits per heavy atom. The van der Waals surface area contributed by atoms with E-state index < -0.39 is 0 Å². The van der Waals surface area contributed by atoms with Crippen LogP contribution in [0.1, 0.15) is 24.6 Å². The molecule has 0 saturated carbocycles. The molecule has 0 aromatic carbocycles. The van der Waals surface area contributed by atoms with Gasteiger partial charge in [-0.15, -0.1) is 0 Å². The molecule has 2 aromatic rings. The van der Waals surface area contributed by atoms with Crippen LogP contribution in [-0.4, -0.2) is 30.3 Å². The molecule has 21 heavy (non-hydrogen) atoms. The summed E-state index contributed by atoms with van der Waals surface area (Å²) >= 11 is 0. The molecule has 2 aromatic heterocycles. The van der Waals surface area contributed by atoms with E-state index in [0.29, 0.717) is 18.0 Å². The van der Waals surface area contributed by atoms with Gasteiger partial charge < -0.3 is 19.4 Å². The molecule has 0 unspecified atom stereocenters. The summed E-state index contributed by atoms with van der Waals surface area (Å²) < 4.78 is 12.8. The minimum Gasteiger partial charge on any atom is -0.493 e. The quantitative estimate of drug-likeness (QED) is 0.758. The van der Waals surface area contributed by atoms with Crippen LogP contribution in [0.25, 0.3) is 0 Å². The third-order valence-corrected chi connectivity index (χ3v) is 3.27. The molecule has 5 nitrogen and oxygen atoms in total. The smallest absolute Gasteiger partial charge is 0.184 e. The van der Waals surface area contributed by atoms with E-state index in [1.54, 1.807) is 26.5 Å². The highest BCUT2D eigenvalue weighted by Crippen LogP contribution is 2.29. The summed E-state index contributed by atoms with van der Waals surface area (Å²) in [5.41, 5.74) is 2.13. The van der Waals surface area contributed by atoms with E-state index in [1.807, 2.05) is 0 Å². The highest BCUT2D eigenvalue weighted by molar-refractivity contribution is 5.42. The number of aromatic nitrogens is 2. The van der Waals surface area contributed by atoms with Crippen LogP contribution >= 0.6 is 0 Å². The third kappa shape index (κ3) is 3.98. The molecule has 1 N–H and O–H groups in total. The molecule has 5 heteroatoms. The van der Waals surface area contributed by atoms with Crippen molar-refractivity contribution in [3.8, 4) is 11.5 Å². The fraction of sp³-hybridized carbons (Fsp3) is 0.438. The Kier molecular flexibility index (Phi) is 5.63. The Balaban J connectivity index is 2.08. The molecule has 0 amide bonds. The summed E-state index contributed by atoms with van der Waals surface area (Å²) in [6.07, 6.45) is 7.07. The summed E-state index contributed by atoms with van der Waals surface area (Å²) in [5.74, 6) is 1.40. The molecule has 0 radical (unpaired) electrons. The van der Waals surface area contributed by atoms with Crippen molar-refractivity contribution in [1.29, 1.82) is 0 Å². The number of ether oxygens (including phenoxy) is 2. The summed E-state index contributed by atoms with van der Waals surface area (Å²) in [7, 11) is 3.27. The van der Waals surface area contributed by atoms with E-state index >= 15 is 0 Å². The third-order valence-electron chi connectivity index (χ3n) is 3.27. The van der Waals surface area contributed by atoms with E-state index in [9.17, 15) is 0 Å². The van der Waals surface area contributed by atoms with E-state index in [1.165, 1.54) is 5.56 Å². The normalized spacial score (nSPS) is 10.6. The van der Waals surface area contributed by atoms with E-state index in [-0.39, 0.29) is 0 Å². The van der Waals surface area contributed by atoms with Gasteiger partial charge in [0.25, 0.3) is 0 Å². The lowest BCUT2D eigenvalue weighted by atomic mass is 10.3. The van der Waals surface area contributed by atoms with Crippen LogP contribution < -0.4 is 14.8 Å². The largest absolute Gasteiger partial charge is 0.493 e. The Bertz CT molecular complexity index is 566. The van der Waals surface area contributed by atoms with Crippen molar-refractivity contribution in [3.63, 3.8) is 0 Å². The monoisotopic (exact) mass is 289 g/mol. The Hall–Kier alpha value is -2.01. The minimum absolute atomic E-state index is 0.661. The average Bonchev–Trinajstić information content (AvgIpc) is 2.94. The average molecular weight is 289 g/mol. The van der Waals surface area contributed by atoms with Gasteiger partial charge in [-0.1, -0.05) is 6.92 Å². The number of methoxy groups -OCH3 is 2. The lowest BCUT2D eigenvalue weighted by molar-refractivity contribution is 0.348. The van der Waals surface area contributed by atoms with E-state index in [2.05, 4.69) is 40.3 Å². The Labute approximate surface area is 125 Å². The first-order valence-corrected chi connectivity index (χ1v) is 7.19. The molecule has 2 rings (SSSR count). The number of nitrogens with zero attached hydrogens (tertiary/aromatic N) is 2. The number of hydrogen-bond donors (Lipinski definition) is 1. The summed E-state index contributed by atoms with van der Waals surface area (Å²) in [6, 6.07) is 3.92. The number of rotatable bonds is 8. The Morgan fingerprint density at radius 3 is 2.81 bits per heavy atom. The molecule has 0 aliphatic rings. The molecule has 0 aliphatic carbocycles. The van der Waals surface area contributed by atoms with Gasteiger partial charge in [-0.25, -0.2) is 0 Å². The Morgan fingerprint density at radius 2 is 2.10 bits per heavy atom. The van der Waals surface area contributed by atoms with Gasteiger partial charge in [-0.3, -0.25) is 4.98 Å². The van der Waals surface area contributed by atoms with Gasteiger partial charge in [0.05, 0.1) is 20.8 Å². The molecule has 0 atom stereocenters. The molecular weight excluding hydrogens is 266 g/mol. The first-order chi connectivity index (χ1) is 10.3. The van der Waals surface area contributed by atoms with Crippen LogP contribution in [0, 0.1) is 0 Å². The predicted octanol–water partition coefficient (Wildman–Crippen LogP) is 2.45. The fourth-order valence-corrected chi connectivity index (χ4v) is 2.24. The van der Waals surface area contributed by atoms with Gasteiger partial charge in [0.1, 0.15) is 5.69 Å². The summed E-state index contributed by atoms with van der Waals surface area (Å²) in [6.45, 7) is 4.76. The molecule has 0 aliphatic heterocycles. The fourth-order valence-electron chi connectivity index (χ4n) is 2.24. The maximum Gasteiger partial charge on any atom is 0.184 e. The van der Waals surface area contributed by atoms with Gasteiger partial charge >= 0.3 is 0 Å². The lowest BCUT2D eigenvalue weighted by Crippen LogP contribution is -2.13. The van der Waals surface area contributed by atoms with Crippen LogP contribution in [0.15, 0.2) is 30.7 Å². The van der Waals surface area contributed by atoms with Crippen LogP contribution in [0.4, 0.5) is 0 Å². The van der Waals surface area contributed by atoms with Crippen molar-refractivity contribution in [3.05, 3.63) is 42.0 Å². The van der Waals surface area contributed by atoms with Crippen molar-refractivity contribution in [1.82, 2.24) is 14.9 Å². The second-order valence-electron chi connectivity index (χ2n) is 4.86. The maximum absolute atomic E-state index is 5.41. The van der Waals surface area contributed by atoms with Crippen LogP contribution in [0.5, 0.6) is 11.5 Å². The van der Waals surface area contributed by atoms with Crippen molar-refractivity contribution >= 4 is 0 Å². The first kappa shape index (κ1) is 15.4. The number of pyridine rings is 1. The number of hydrogen-bond acceptors (Lipinski definition) is 4. The SMILES string of the molecule is CCCNCc1ccn(Cc2nccc(OC)c2OC)c1. The van der Waals surface area contributed by atoms with Crippen LogP contribution in [0.3, 0.4) is 0 Å². The zero-order valence-corrected chi connectivity index (χ0v) is 12.9. The van der Waals surface area contributed by atoms with Crippen molar-refractivity contribution in [2.24, 2.45) is 0 Å². The van der Waals surface area contributed by atoms with Crippen molar-refractivity contribution < 1.29 is 9.47 Å². The van der Waals surface area contributed by atoms with Gasteiger partial charge in [-0.05, 0) is 24.6 Å².